The molecule has 1 unspecified atom stereocenters. The minimum Gasteiger partial charge on any atom is -0.343 e. The molecule has 3 atom stereocenters. The van der Waals surface area contributed by atoms with Crippen LogP contribution in [0.25, 0.3) is 0 Å². The van der Waals surface area contributed by atoms with Crippen LogP contribution in [0.1, 0.15) is 32.6 Å². The molecule has 1 saturated carbocycles. The summed E-state index contributed by atoms with van der Waals surface area (Å²) < 4.78 is 0. The van der Waals surface area contributed by atoms with Gasteiger partial charge >= 0.3 is 6.29 Å². The third-order valence-corrected chi connectivity index (χ3v) is 4.14. The van der Waals surface area contributed by atoms with E-state index in [-0.39, 0.29) is 17.7 Å². The normalized spacial score (nSPS) is 38.0. The lowest BCUT2D eigenvalue weighted by atomic mass is 10.1. The topological polar surface area (TPSA) is 63.4 Å². The molecule has 0 aromatic carbocycles. The summed E-state index contributed by atoms with van der Waals surface area (Å²) in [5.41, 5.74) is 4.96. The highest BCUT2D eigenvalue weighted by Crippen LogP contribution is 2.49. The van der Waals surface area contributed by atoms with Crippen molar-refractivity contribution < 1.29 is 9.59 Å². The highest BCUT2D eigenvalue weighted by molar-refractivity contribution is 5.80. The van der Waals surface area contributed by atoms with Gasteiger partial charge in [0.2, 0.25) is 5.91 Å². The number of nitrogens with zero attached hydrogens (tertiary/aromatic N) is 1. The number of rotatable bonds is 3. The number of carbonyl (C=O) groups excluding carboxylic acids is 2. The van der Waals surface area contributed by atoms with Crippen molar-refractivity contribution in [2.45, 2.75) is 38.1 Å². The molecule has 0 spiro atoms. The average Bonchev–Trinajstić information content (AvgIpc) is 2.84. The van der Waals surface area contributed by atoms with Gasteiger partial charge in [-0.3, -0.25) is 10.5 Å². The molecule has 1 aliphatic heterocycles. The molecule has 0 radical (unpaired) electrons. The second kappa shape index (κ2) is 4.11. The third kappa shape index (κ3) is 1.83. The first kappa shape index (κ1) is 11.5. The van der Waals surface area contributed by atoms with Gasteiger partial charge in [-0.1, -0.05) is 6.92 Å². The summed E-state index contributed by atoms with van der Waals surface area (Å²) in [6.45, 7) is 3.64. The maximum absolute atomic E-state index is 11.9. The van der Waals surface area contributed by atoms with Crippen LogP contribution in [0.4, 0.5) is 0 Å². The fourth-order valence-corrected chi connectivity index (χ4v) is 2.65. The molecule has 1 amide bonds. The Balaban J connectivity index is 1.86. The lowest BCUT2D eigenvalue weighted by Crippen LogP contribution is -2.37. The number of piperidine rings is 1. The van der Waals surface area contributed by atoms with Crippen LogP contribution in [-0.4, -0.2) is 35.7 Å². The lowest BCUT2D eigenvalue weighted by molar-refractivity contribution is -0.132. The third-order valence-electron chi connectivity index (χ3n) is 4.14. The molecule has 0 bridgehead atoms. The van der Waals surface area contributed by atoms with Gasteiger partial charge in [0.25, 0.3) is 5.54 Å². The molecule has 4 nitrogen and oxygen atoms in total. The van der Waals surface area contributed by atoms with Crippen LogP contribution in [0.15, 0.2) is 0 Å². The van der Waals surface area contributed by atoms with Crippen molar-refractivity contribution in [2.24, 2.45) is 17.6 Å². The van der Waals surface area contributed by atoms with Crippen molar-refractivity contribution in [1.29, 1.82) is 0 Å². The van der Waals surface area contributed by atoms with Crippen LogP contribution in [0, 0.1) is 11.8 Å². The average molecular weight is 223 g/mol. The zero-order valence-corrected chi connectivity index (χ0v) is 9.74. The van der Waals surface area contributed by atoms with Crippen LogP contribution in [0.3, 0.4) is 0 Å². The molecule has 2 aliphatic rings. The van der Waals surface area contributed by atoms with Crippen LogP contribution in [0.5, 0.6) is 0 Å². The van der Waals surface area contributed by atoms with Crippen molar-refractivity contribution >= 4 is 12.2 Å². The Bertz CT molecular complexity index is 299. The molecule has 16 heavy (non-hydrogen) atoms. The van der Waals surface area contributed by atoms with E-state index < -0.39 is 5.54 Å². The van der Waals surface area contributed by atoms with E-state index in [1.54, 1.807) is 0 Å². The summed E-state index contributed by atoms with van der Waals surface area (Å²) in [7, 11) is 0. The number of hydrogen-bond donors (Lipinski definition) is 1. The molecular formula is C12H19N2O2+. The van der Waals surface area contributed by atoms with Gasteiger partial charge in [-0.05, 0) is 19.3 Å². The van der Waals surface area contributed by atoms with E-state index in [1.165, 1.54) is 6.42 Å². The minimum atomic E-state index is -0.856. The SMILES string of the molecule is C[C@@H]1[C@@H](CC(=O)N2CCCCC2)C1(N)[C+]=O. The maximum atomic E-state index is 11.9. The van der Waals surface area contributed by atoms with Crippen molar-refractivity contribution in [3.05, 3.63) is 0 Å². The van der Waals surface area contributed by atoms with Gasteiger partial charge in [0.05, 0.1) is 5.92 Å². The fraction of sp³-hybridized carbons (Fsp3) is 0.833. The molecule has 1 saturated heterocycles. The summed E-state index contributed by atoms with van der Waals surface area (Å²) in [4.78, 5) is 24.5. The summed E-state index contributed by atoms with van der Waals surface area (Å²) in [6, 6.07) is 0. The molecular weight excluding hydrogens is 204 g/mol. The summed E-state index contributed by atoms with van der Waals surface area (Å²) in [5, 5.41) is 0. The Morgan fingerprint density at radius 3 is 2.56 bits per heavy atom. The van der Waals surface area contributed by atoms with E-state index in [4.69, 9.17) is 5.73 Å². The van der Waals surface area contributed by atoms with Gasteiger partial charge < -0.3 is 4.90 Å². The smallest absolute Gasteiger partial charge is 0.343 e. The number of nitrogens with two attached hydrogens (primary N) is 1. The molecule has 1 heterocycles. The Morgan fingerprint density at radius 2 is 2.06 bits per heavy atom. The van der Waals surface area contributed by atoms with Crippen molar-refractivity contribution in [2.75, 3.05) is 13.1 Å². The maximum Gasteiger partial charge on any atom is 0.530 e. The molecule has 4 heteroatoms. The molecule has 0 aromatic heterocycles. The molecule has 88 valence electrons. The Kier molecular flexibility index (Phi) is 2.96. The second-order valence-electron chi connectivity index (χ2n) is 5.08. The van der Waals surface area contributed by atoms with E-state index >= 15 is 0 Å². The Morgan fingerprint density at radius 1 is 1.44 bits per heavy atom. The Hall–Kier alpha value is -0.990. The zero-order chi connectivity index (χ0) is 11.8. The van der Waals surface area contributed by atoms with E-state index in [0.29, 0.717) is 6.42 Å². The van der Waals surface area contributed by atoms with Gasteiger partial charge in [0.15, 0.2) is 0 Å². The van der Waals surface area contributed by atoms with Crippen LogP contribution in [-0.2, 0) is 9.59 Å². The van der Waals surface area contributed by atoms with Gasteiger partial charge in [-0.25, -0.2) is 0 Å². The molecule has 2 fully saturated rings. The lowest BCUT2D eigenvalue weighted by Gasteiger charge is -2.26. The van der Waals surface area contributed by atoms with Crippen LogP contribution in [0.2, 0.25) is 0 Å². The van der Waals surface area contributed by atoms with Gasteiger partial charge in [-0.15, -0.1) is 0 Å². The first-order valence-electron chi connectivity index (χ1n) is 6.05. The zero-order valence-electron chi connectivity index (χ0n) is 9.74. The van der Waals surface area contributed by atoms with Crippen LogP contribution < -0.4 is 5.73 Å². The van der Waals surface area contributed by atoms with E-state index in [2.05, 4.69) is 0 Å². The standard InChI is InChI=1S/C12H19N2O2/c1-9-10(12(9,13)8-15)7-11(16)14-5-3-2-4-6-14/h9-10H,2-7,13H2,1H3/q+1/t9-,10-,12?/m1/s1. The highest BCUT2D eigenvalue weighted by atomic mass is 16.2. The predicted octanol–water partition coefficient (Wildman–Crippen LogP) is 0.462. The Labute approximate surface area is 96.2 Å². The van der Waals surface area contributed by atoms with Crippen molar-refractivity contribution in [3.63, 3.8) is 0 Å². The monoisotopic (exact) mass is 223 g/mol. The van der Waals surface area contributed by atoms with Crippen LogP contribution >= 0.6 is 0 Å². The minimum absolute atomic E-state index is 0.000531. The summed E-state index contributed by atoms with van der Waals surface area (Å²) in [6.07, 6.45) is 5.70. The van der Waals surface area contributed by atoms with E-state index in [1.807, 2.05) is 18.1 Å². The number of hydrogen-bond acceptors (Lipinski definition) is 3. The van der Waals surface area contributed by atoms with E-state index in [9.17, 15) is 9.59 Å². The van der Waals surface area contributed by atoms with Crippen molar-refractivity contribution in [1.82, 2.24) is 4.90 Å². The number of likely N-dealkylation sites (tertiary alicyclic amines) is 1. The molecule has 2 rings (SSSR count). The number of amides is 1. The second-order valence-corrected chi connectivity index (χ2v) is 5.08. The largest absolute Gasteiger partial charge is 0.530 e. The summed E-state index contributed by atoms with van der Waals surface area (Å²) in [5.74, 6) is 0.247. The fourth-order valence-electron chi connectivity index (χ4n) is 2.65. The van der Waals surface area contributed by atoms with Crippen molar-refractivity contribution in [3.8, 4) is 0 Å². The first-order valence-corrected chi connectivity index (χ1v) is 6.05. The molecule has 2 N–H and O–H groups in total. The van der Waals surface area contributed by atoms with Gasteiger partial charge in [0, 0.05) is 30.2 Å². The van der Waals surface area contributed by atoms with Gasteiger partial charge in [-0.2, -0.15) is 0 Å². The highest BCUT2D eigenvalue weighted by Gasteiger charge is 2.72. The predicted molar refractivity (Wildman–Crippen MR) is 60.3 cm³/mol. The number of carbonyl (C=O) groups is 1. The molecule has 0 aromatic rings. The summed E-state index contributed by atoms with van der Waals surface area (Å²) >= 11 is 0. The van der Waals surface area contributed by atoms with E-state index in [0.717, 1.165) is 25.9 Å². The van der Waals surface area contributed by atoms with Gasteiger partial charge in [0.1, 0.15) is 0 Å². The quantitative estimate of drug-likeness (QED) is 0.707. The first-order chi connectivity index (χ1) is 7.59. The molecule has 1 aliphatic carbocycles.